The summed E-state index contributed by atoms with van der Waals surface area (Å²) in [6, 6.07) is 15.8. The second kappa shape index (κ2) is 23.1. The first-order valence-electron chi connectivity index (χ1n) is 22.9. The van der Waals surface area contributed by atoms with Crippen LogP contribution in [0.15, 0.2) is 48.5 Å². The first-order valence-corrected chi connectivity index (χ1v) is 22.9. The molecule has 6 rings (SSSR count). The second-order valence-corrected chi connectivity index (χ2v) is 17.5. The molecule has 0 aromatic heterocycles. The number of likely N-dealkylation sites (N-methyl/N-ethyl adjacent to an activating group) is 2. The Morgan fingerprint density at radius 2 is 1.00 bits per heavy atom. The smallest absolute Gasteiger partial charge is 0.384 e. The van der Waals surface area contributed by atoms with Gasteiger partial charge in [0.05, 0.1) is 130 Å². The van der Waals surface area contributed by atoms with E-state index in [2.05, 4.69) is 44.1 Å². The molecule has 0 spiro atoms. The fourth-order valence-corrected chi connectivity index (χ4v) is 10.1. The molecule has 0 fully saturated rings. The third-order valence-corrected chi connectivity index (χ3v) is 13.6. The van der Waals surface area contributed by atoms with Gasteiger partial charge in [0.2, 0.25) is 11.5 Å². The summed E-state index contributed by atoms with van der Waals surface area (Å²) in [6.07, 6.45) is 3.21. The van der Waals surface area contributed by atoms with Gasteiger partial charge < -0.3 is 65.8 Å². The molecule has 69 heavy (non-hydrogen) atoms. The van der Waals surface area contributed by atoms with Crippen molar-refractivity contribution in [2.75, 3.05) is 125 Å². The molecule has 0 amide bonds. The van der Waals surface area contributed by atoms with Crippen LogP contribution >= 0.6 is 0 Å². The summed E-state index contributed by atoms with van der Waals surface area (Å²) in [5.74, 6) is 8.95. The number of quaternary nitrogens is 2. The number of ether oxygens (including phenoxy) is 12. The zero-order chi connectivity index (χ0) is 49.9. The average molecular weight is 957 g/mol. The molecule has 4 aromatic carbocycles. The molecule has 16 nitrogen and oxygen atoms in total. The molecule has 0 saturated heterocycles. The molecule has 0 aliphatic carbocycles. The monoisotopic (exact) mass is 956 g/mol. The van der Waals surface area contributed by atoms with Crippen molar-refractivity contribution in [3.05, 3.63) is 81.9 Å². The van der Waals surface area contributed by atoms with E-state index in [0.717, 1.165) is 53.7 Å². The summed E-state index contributed by atoms with van der Waals surface area (Å²) in [6.45, 7) is 3.14. The summed E-state index contributed by atoms with van der Waals surface area (Å²) in [5, 5.41) is 0. The molecule has 4 atom stereocenters. The van der Waals surface area contributed by atoms with E-state index in [-0.39, 0.29) is 25.3 Å². The summed E-state index contributed by atoms with van der Waals surface area (Å²) in [4.78, 5) is 25.6. The van der Waals surface area contributed by atoms with Gasteiger partial charge in [0.1, 0.15) is 12.1 Å². The molecule has 16 heteroatoms. The molecule has 2 aliphatic rings. The van der Waals surface area contributed by atoms with Gasteiger partial charge in [-0.25, -0.2) is 9.59 Å². The highest BCUT2D eigenvalue weighted by Crippen LogP contribution is 2.51. The molecule has 372 valence electrons. The maximum Gasteiger partial charge on any atom is 0.384 e. The highest BCUT2D eigenvalue weighted by molar-refractivity contribution is 5.98. The molecular formula is C53H68N2O14+2. The first-order chi connectivity index (χ1) is 33.3. The van der Waals surface area contributed by atoms with Gasteiger partial charge in [-0.05, 0) is 65.2 Å². The number of carbonyl (C=O) groups is 2. The minimum atomic E-state index is -0.805. The number of nitrogens with zero attached hydrogens (tertiary/aromatic N) is 2. The van der Waals surface area contributed by atoms with E-state index in [1.807, 2.05) is 30.3 Å². The third-order valence-electron chi connectivity index (χ3n) is 13.6. The van der Waals surface area contributed by atoms with Gasteiger partial charge >= 0.3 is 11.9 Å². The van der Waals surface area contributed by atoms with Crippen LogP contribution in [0.25, 0.3) is 0 Å². The van der Waals surface area contributed by atoms with Crippen LogP contribution in [0, 0.1) is 11.8 Å². The van der Waals surface area contributed by atoms with Crippen LogP contribution < -0.4 is 47.4 Å². The number of fused-ring (bicyclic) bond motifs is 2. The van der Waals surface area contributed by atoms with Gasteiger partial charge in [-0.1, -0.05) is 0 Å². The molecule has 0 radical (unpaired) electrons. The highest BCUT2D eigenvalue weighted by Gasteiger charge is 2.44. The Balaban J connectivity index is 1.10. The van der Waals surface area contributed by atoms with E-state index in [0.29, 0.717) is 98.8 Å². The van der Waals surface area contributed by atoms with Crippen molar-refractivity contribution >= 4 is 11.9 Å². The summed E-state index contributed by atoms with van der Waals surface area (Å²) >= 11 is 0. The van der Waals surface area contributed by atoms with Crippen LogP contribution in [-0.2, 0) is 38.3 Å². The lowest BCUT2D eigenvalue weighted by molar-refractivity contribution is -0.941. The Labute approximate surface area is 406 Å². The largest absolute Gasteiger partial charge is 0.493 e. The van der Waals surface area contributed by atoms with Gasteiger partial charge in [-0.2, -0.15) is 0 Å². The molecule has 0 saturated carbocycles. The lowest BCUT2D eigenvalue weighted by atomic mass is 9.85. The first kappa shape index (κ1) is 51.7. The normalized spacial score (nSPS) is 19.0. The van der Waals surface area contributed by atoms with E-state index >= 15 is 0 Å². The highest BCUT2D eigenvalue weighted by atomic mass is 16.6. The molecule has 2 aliphatic heterocycles. The fourth-order valence-electron chi connectivity index (χ4n) is 10.1. The van der Waals surface area contributed by atoms with Crippen LogP contribution in [-0.4, -0.2) is 145 Å². The fraction of sp³-hybridized carbons (Fsp3) is 0.472. The summed E-state index contributed by atoms with van der Waals surface area (Å²) in [5.41, 5.74) is 6.40. The van der Waals surface area contributed by atoms with E-state index in [1.54, 1.807) is 71.1 Å². The molecule has 4 aromatic rings. The molecular weight excluding hydrogens is 889 g/mol. The van der Waals surface area contributed by atoms with E-state index < -0.39 is 11.9 Å². The lowest BCUT2D eigenvalue weighted by Crippen LogP contribution is -2.52. The Hall–Kier alpha value is -6.70. The van der Waals surface area contributed by atoms with Crippen LogP contribution in [0.3, 0.4) is 0 Å². The molecule has 0 N–H and O–H groups in total. The number of rotatable bonds is 21. The summed E-state index contributed by atoms with van der Waals surface area (Å²) in [7, 11) is 20.5. The van der Waals surface area contributed by atoms with Gasteiger partial charge in [0, 0.05) is 55.1 Å². The zero-order valence-corrected chi connectivity index (χ0v) is 42.2. The Bertz CT molecular complexity index is 2510. The lowest BCUT2D eigenvalue weighted by Gasteiger charge is -2.46. The van der Waals surface area contributed by atoms with Crippen molar-refractivity contribution in [3.8, 4) is 69.3 Å². The predicted octanol–water partition coefficient (Wildman–Crippen LogP) is 6.72. The Kier molecular flexibility index (Phi) is 17.3. The SMILES string of the molecule is COc1ccc(C2c3cc(OC)c(OC)cc3CC[N+]2(C)CCCOC(=O)C#CC(=O)OCCC[N+]2(C)CCc3cc(OC)c(OC)c(OC)c3C2Cc2cc(OC)c(OC)c(OC)c2)cc1OC. The maximum atomic E-state index is 12.8. The van der Waals surface area contributed by atoms with Crippen LogP contribution in [0.1, 0.15) is 58.3 Å². The summed E-state index contributed by atoms with van der Waals surface area (Å²) < 4.78 is 69.5. The van der Waals surface area contributed by atoms with Gasteiger partial charge in [-0.3, -0.25) is 0 Å². The topological polar surface area (TPSA) is 145 Å². The number of methoxy groups -OCH3 is 10. The standard InChI is InChI=1S/C53H68N2O14/c1-54(23-20-36-31-46(64-9)52(66-11)53(67-12)49(36)39(54)27-34-28-44(62-7)51(65-10)45(29-34)63-8)21-13-25-68-47(56)17-18-48(57)69-26-14-22-55(2)24-19-35-30-42(60-5)43(61-6)33-38(35)50(55)37-15-16-40(58-3)41(32-37)59-4/h15-16,28-33,39,50H,13-14,19-27H2,1-12H3/q+2. The minimum absolute atomic E-state index is 0.0999. The van der Waals surface area contributed by atoms with Gasteiger partial charge in [0.15, 0.2) is 46.0 Å². The number of carbonyl (C=O) groups excluding carboxylic acids is 2. The van der Waals surface area contributed by atoms with Crippen molar-refractivity contribution in [1.82, 2.24) is 0 Å². The zero-order valence-electron chi connectivity index (χ0n) is 42.2. The van der Waals surface area contributed by atoms with Crippen molar-refractivity contribution in [2.24, 2.45) is 0 Å². The van der Waals surface area contributed by atoms with Gasteiger partial charge in [0.25, 0.3) is 0 Å². The quantitative estimate of drug-likeness (QED) is 0.0287. The molecule has 4 unspecified atom stereocenters. The van der Waals surface area contributed by atoms with Crippen LogP contribution in [0.5, 0.6) is 57.5 Å². The van der Waals surface area contributed by atoms with E-state index in [4.69, 9.17) is 56.8 Å². The molecule has 2 heterocycles. The number of hydrogen-bond acceptors (Lipinski definition) is 14. The van der Waals surface area contributed by atoms with Crippen molar-refractivity contribution < 1.29 is 75.4 Å². The third kappa shape index (κ3) is 11.1. The Morgan fingerprint density at radius 3 is 1.55 bits per heavy atom. The molecule has 0 bridgehead atoms. The van der Waals surface area contributed by atoms with Crippen molar-refractivity contribution in [2.45, 2.75) is 44.2 Å². The number of benzene rings is 4. The second-order valence-electron chi connectivity index (χ2n) is 17.5. The number of esters is 2. The maximum absolute atomic E-state index is 12.8. The van der Waals surface area contributed by atoms with E-state index in [9.17, 15) is 9.59 Å². The van der Waals surface area contributed by atoms with Crippen molar-refractivity contribution in [3.63, 3.8) is 0 Å². The number of hydrogen-bond donors (Lipinski definition) is 0. The van der Waals surface area contributed by atoms with Crippen LogP contribution in [0.4, 0.5) is 0 Å². The van der Waals surface area contributed by atoms with E-state index in [1.165, 1.54) is 5.56 Å². The minimum Gasteiger partial charge on any atom is -0.493 e. The van der Waals surface area contributed by atoms with Gasteiger partial charge in [-0.15, -0.1) is 0 Å². The van der Waals surface area contributed by atoms with Crippen LogP contribution in [0.2, 0.25) is 0 Å². The van der Waals surface area contributed by atoms with Crippen molar-refractivity contribution in [1.29, 1.82) is 0 Å². The Morgan fingerprint density at radius 1 is 0.522 bits per heavy atom. The average Bonchev–Trinajstić information content (AvgIpc) is 3.37. The predicted molar refractivity (Wildman–Crippen MR) is 258 cm³/mol.